The van der Waals surface area contributed by atoms with E-state index in [1.807, 2.05) is 36.5 Å². The molecule has 1 amide bonds. The van der Waals surface area contributed by atoms with Crippen LogP contribution < -0.4 is 14.9 Å². The highest BCUT2D eigenvalue weighted by Crippen LogP contribution is 2.30. The molecule has 0 saturated carbocycles. The Bertz CT molecular complexity index is 1010. The first-order valence-corrected chi connectivity index (χ1v) is 9.03. The summed E-state index contributed by atoms with van der Waals surface area (Å²) in [6.07, 6.45) is 3.96. The van der Waals surface area contributed by atoms with E-state index in [0.717, 1.165) is 34.3 Å². The number of carbonyl (C=O) groups excluding carboxylic acids is 1. The van der Waals surface area contributed by atoms with Gasteiger partial charge in [0.15, 0.2) is 11.5 Å². The first-order chi connectivity index (χ1) is 13.2. The third-order valence-electron chi connectivity index (χ3n) is 4.52. The molecule has 6 heteroatoms. The molecule has 6 nitrogen and oxygen atoms in total. The lowest BCUT2D eigenvalue weighted by molar-refractivity contribution is -0.120. The maximum absolute atomic E-state index is 12.2. The van der Waals surface area contributed by atoms with E-state index in [4.69, 9.17) is 9.47 Å². The highest BCUT2D eigenvalue weighted by atomic mass is 16.6. The summed E-state index contributed by atoms with van der Waals surface area (Å²) in [6, 6.07) is 13.7. The average molecular weight is 363 g/mol. The highest BCUT2D eigenvalue weighted by Gasteiger charge is 2.13. The minimum atomic E-state index is -0.179. The lowest BCUT2D eigenvalue weighted by Gasteiger charge is -2.18. The number of aromatic nitrogens is 1. The van der Waals surface area contributed by atoms with Gasteiger partial charge in [-0.2, -0.15) is 5.10 Å². The SMILES string of the molecule is CCn1cc(C=NNC(=O)Cc2ccc3c(c2)OCCO3)c2ccccc21. The second-order valence-corrected chi connectivity index (χ2v) is 6.34. The molecule has 4 rings (SSSR count). The number of aryl methyl sites for hydroxylation is 1. The summed E-state index contributed by atoms with van der Waals surface area (Å²) in [6.45, 7) is 4.06. The van der Waals surface area contributed by atoms with Gasteiger partial charge in [0.05, 0.1) is 12.6 Å². The summed E-state index contributed by atoms with van der Waals surface area (Å²) in [5, 5.41) is 5.24. The second kappa shape index (κ2) is 7.53. The number of nitrogens with one attached hydrogen (secondary N) is 1. The zero-order chi connectivity index (χ0) is 18.6. The van der Waals surface area contributed by atoms with E-state index in [-0.39, 0.29) is 12.3 Å². The smallest absolute Gasteiger partial charge is 0.244 e. The molecule has 2 heterocycles. The summed E-state index contributed by atoms with van der Waals surface area (Å²) in [5.74, 6) is 1.22. The van der Waals surface area contributed by atoms with Gasteiger partial charge in [-0.3, -0.25) is 4.79 Å². The molecule has 2 aromatic carbocycles. The van der Waals surface area contributed by atoms with Crippen molar-refractivity contribution in [3.8, 4) is 11.5 Å². The Morgan fingerprint density at radius 2 is 2.00 bits per heavy atom. The van der Waals surface area contributed by atoms with Gasteiger partial charge in [-0.1, -0.05) is 24.3 Å². The zero-order valence-electron chi connectivity index (χ0n) is 15.1. The largest absolute Gasteiger partial charge is 0.486 e. The van der Waals surface area contributed by atoms with Gasteiger partial charge in [-0.05, 0) is 30.7 Å². The molecular weight excluding hydrogens is 342 g/mol. The number of fused-ring (bicyclic) bond motifs is 2. The molecule has 1 aliphatic rings. The van der Waals surface area contributed by atoms with Crippen LogP contribution in [0, 0.1) is 0 Å². The fourth-order valence-electron chi connectivity index (χ4n) is 3.24. The number of benzene rings is 2. The van der Waals surface area contributed by atoms with Crippen molar-refractivity contribution >= 4 is 23.0 Å². The summed E-state index contributed by atoms with van der Waals surface area (Å²) >= 11 is 0. The summed E-state index contributed by atoms with van der Waals surface area (Å²) < 4.78 is 13.2. The number of carbonyl (C=O) groups is 1. The number of amides is 1. The molecule has 138 valence electrons. The molecule has 0 spiro atoms. The van der Waals surface area contributed by atoms with Crippen molar-refractivity contribution in [1.82, 2.24) is 9.99 Å². The van der Waals surface area contributed by atoms with E-state index in [1.165, 1.54) is 0 Å². The van der Waals surface area contributed by atoms with Crippen molar-refractivity contribution < 1.29 is 14.3 Å². The Morgan fingerprint density at radius 1 is 1.19 bits per heavy atom. The number of hydrogen-bond acceptors (Lipinski definition) is 4. The molecule has 0 radical (unpaired) electrons. The van der Waals surface area contributed by atoms with Crippen LogP contribution in [0.25, 0.3) is 10.9 Å². The minimum Gasteiger partial charge on any atom is -0.486 e. The molecule has 1 aromatic heterocycles. The average Bonchev–Trinajstić information content (AvgIpc) is 3.06. The van der Waals surface area contributed by atoms with E-state index in [9.17, 15) is 4.79 Å². The summed E-state index contributed by atoms with van der Waals surface area (Å²) in [7, 11) is 0. The predicted octanol–water partition coefficient (Wildman–Crippen LogP) is 3.13. The molecule has 0 fully saturated rings. The summed E-state index contributed by atoms with van der Waals surface area (Å²) in [5.41, 5.74) is 5.59. The highest BCUT2D eigenvalue weighted by molar-refractivity contribution is 5.99. The fraction of sp³-hybridized carbons (Fsp3) is 0.238. The molecule has 1 aliphatic heterocycles. The third kappa shape index (κ3) is 3.65. The molecule has 1 N–H and O–H groups in total. The first kappa shape index (κ1) is 17.1. The number of rotatable bonds is 5. The lowest BCUT2D eigenvalue weighted by Crippen LogP contribution is -2.20. The monoisotopic (exact) mass is 363 g/mol. The summed E-state index contributed by atoms with van der Waals surface area (Å²) in [4.78, 5) is 12.2. The Morgan fingerprint density at radius 3 is 2.85 bits per heavy atom. The number of nitrogens with zero attached hydrogens (tertiary/aromatic N) is 2. The predicted molar refractivity (Wildman–Crippen MR) is 104 cm³/mol. The van der Waals surface area contributed by atoms with Gasteiger partial charge in [0.25, 0.3) is 0 Å². The van der Waals surface area contributed by atoms with Crippen LogP contribution in [-0.2, 0) is 17.8 Å². The van der Waals surface area contributed by atoms with Gasteiger partial charge in [0.1, 0.15) is 13.2 Å². The molecule has 0 aliphatic carbocycles. The Hall–Kier alpha value is -3.28. The molecule has 0 unspecified atom stereocenters. The van der Waals surface area contributed by atoms with Gasteiger partial charge in [-0.25, -0.2) is 5.43 Å². The van der Waals surface area contributed by atoms with Gasteiger partial charge in [-0.15, -0.1) is 0 Å². The van der Waals surface area contributed by atoms with Crippen molar-refractivity contribution in [3.63, 3.8) is 0 Å². The van der Waals surface area contributed by atoms with Crippen LogP contribution >= 0.6 is 0 Å². The van der Waals surface area contributed by atoms with Crippen LogP contribution in [0.4, 0.5) is 0 Å². The van der Waals surface area contributed by atoms with Crippen LogP contribution in [0.2, 0.25) is 0 Å². The van der Waals surface area contributed by atoms with E-state index in [2.05, 4.69) is 34.2 Å². The van der Waals surface area contributed by atoms with E-state index >= 15 is 0 Å². The molecule has 0 saturated heterocycles. The van der Waals surface area contributed by atoms with Crippen molar-refractivity contribution in [2.75, 3.05) is 13.2 Å². The fourth-order valence-corrected chi connectivity index (χ4v) is 3.24. The van der Waals surface area contributed by atoms with Gasteiger partial charge in [0, 0.05) is 29.2 Å². The lowest BCUT2D eigenvalue weighted by atomic mass is 10.1. The quantitative estimate of drug-likeness (QED) is 0.559. The van der Waals surface area contributed by atoms with Gasteiger partial charge < -0.3 is 14.0 Å². The zero-order valence-corrected chi connectivity index (χ0v) is 15.1. The Balaban J connectivity index is 1.42. The van der Waals surface area contributed by atoms with Crippen molar-refractivity contribution in [2.45, 2.75) is 19.9 Å². The molecule has 3 aromatic rings. The number of ether oxygens (including phenoxy) is 2. The third-order valence-corrected chi connectivity index (χ3v) is 4.52. The molecular formula is C21H21N3O3. The Kier molecular flexibility index (Phi) is 4.78. The second-order valence-electron chi connectivity index (χ2n) is 6.34. The number of hydrogen-bond donors (Lipinski definition) is 1. The molecule has 27 heavy (non-hydrogen) atoms. The van der Waals surface area contributed by atoms with Crippen LogP contribution in [0.15, 0.2) is 53.8 Å². The molecule has 0 atom stereocenters. The maximum atomic E-state index is 12.2. The maximum Gasteiger partial charge on any atom is 0.244 e. The standard InChI is InChI=1S/C21H21N3O3/c1-2-24-14-16(17-5-3-4-6-18(17)24)13-22-23-21(25)12-15-7-8-19-20(11-15)27-10-9-26-19/h3-8,11,13-14H,2,9-10,12H2,1H3,(H,23,25). The van der Waals surface area contributed by atoms with Gasteiger partial charge >= 0.3 is 0 Å². The Labute approximate surface area is 157 Å². The number of hydrazone groups is 1. The van der Waals surface area contributed by atoms with E-state index < -0.39 is 0 Å². The first-order valence-electron chi connectivity index (χ1n) is 9.03. The van der Waals surface area contributed by atoms with Gasteiger partial charge in [0.2, 0.25) is 5.91 Å². The van der Waals surface area contributed by atoms with E-state index in [0.29, 0.717) is 19.0 Å². The van der Waals surface area contributed by atoms with Crippen LogP contribution in [0.1, 0.15) is 18.1 Å². The van der Waals surface area contributed by atoms with Crippen molar-refractivity contribution in [3.05, 3.63) is 59.8 Å². The van der Waals surface area contributed by atoms with Crippen LogP contribution in [-0.4, -0.2) is 29.9 Å². The number of para-hydroxylation sites is 1. The van der Waals surface area contributed by atoms with Crippen molar-refractivity contribution in [1.29, 1.82) is 0 Å². The minimum absolute atomic E-state index is 0.179. The topological polar surface area (TPSA) is 64.9 Å². The van der Waals surface area contributed by atoms with Crippen LogP contribution in [0.5, 0.6) is 11.5 Å². The molecule has 0 bridgehead atoms. The van der Waals surface area contributed by atoms with Crippen molar-refractivity contribution in [2.24, 2.45) is 5.10 Å². The van der Waals surface area contributed by atoms with Crippen LogP contribution in [0.3, 0.4) is 0 Å². The normalized spacial score (nSPS) is 13.2. The van der Waals surface area contributed by atoms with E-state index in [1.54, 1.807) is 6.21 Å².